The second-order valence-corrected chi connectivity index (χ2v) is 8.25. The van der Waals surface area contributed by atoms with E-state index in [1.807, 2.05) is 0 Å². The zero-order chi connectivity index (χ0) is 20.3. The van der Waals surface area contributed by atoms with Crippen LogP contribution in [0.3, 0.4) is 0 Å². The van der Waals surface area contributed by atoms with Crippen molar-refractivity contribution in [3.63, 3.8) is 0 Å². The molecule has 0 aromatic heterocycles. The molecule has 0 saturated heterocycles. The molecule has 0 amide bonds. The lowest BCUT2D eigenvalue weighted by Gasteiger charge is -2.47. The predicted octanol–water partition coefficient (Wildman–Crippen LogP) is 6.66. The standard InChI is InChI=1S/C29H27N/c1-30-26-20-12-11-19-25(26)28(23-15-7-3-8-16-23)29(24-17-9-4-10-18-24)27(30)21-22-13-5-2-6-14-22/h2-20,27-29H,21H2,1H3. The second-order valence-electron chi connectivity index (χ2n) is 8.25. The Balaban J connectivity index is 1.71. The van der Waals surface area contributed by atoms with Crippen LogP contribution in [0.2, 0.25) is 0 Å². The van der Waals surface area contributed by atoms with Crippen molar-refractivity contribution >= 4 is 5.69 Å². The Labute approximate surface area is 179 Å². The van der Waals surface area contributed by atoms with Gasteiger partial charge in [-0.25, -0.2) is 0 Å². The van der Waals surface area contributed by atoms with Gasteiger partial charge in [0.15, 0.2) is 0 Å². The number of para-hydroxylation sites is 1. The monoisotopic (exact) mass is 389 g/mol. The summed E-state index contributed by atoms with van der Waals surface area (Å²) in [6.45, 7) is 0. The van der Waals surface area contributed by atoms with Crippen LogP contribution in [-0.2, 0) is 6.42 Å². The van der Waals surface area contributed by atoms with E-state index < -0.39 is 0 Å². The van der Waals surface area contributed by atoms with Gasteiger partial charge in [-0.3, -0.25) is 0 Å². The Kier molecular flexibility index (Phi) is 5.11. The fourth-order valence-electron chi connectivity index (χ4n) is 5.16. The van der Waals surface area contributed by atoms with Gasteiger partial charge in [-0.1, -0.05) is 109 Å². The first kappa shape index (κ1) is 18.7. The van der Waals surface area contributed by atoms with E-state index in [0.29, 0.717) is 17.9 Å². The molecule has 30 heavy (non-hydrogen) atoms. The van der Waals surface area contributed by atoms with Gasteiger partial charge in [0.25, 0.3) is 0 Å². The fourth-order valence-corrected chi connectivity index (χ4v) is 5.16. The van der Waals surface area contributed by atoms with Crippen LogP contribution in [0.1, 0.15) is 34.1 Å². The van der Waals surface area contributed by atoms with Crippen LogP contribution in [0.25, 0.3) is 0 Å². The number of hydrogen-bond acceptors (Lipinski definition) is 1. The molecule has 4 aromatic carbocycles. The minimum Gasteiger partial charge on any atom is -0.370 e. The van der Waals surface area contributed by atoms with Crippen LogP contribution in [-0.4, -0.2) is 13.1 Å². The van der Waals surface area contributed by atoms with Gasteiger partial charge in [0, 0.05) is 30.6 Å². The summed E-state index contributed by atoms with van der Waals surface area (Å²) >= 11 is 0. The number of benzene rings is 4. The summed E-state index contributed by atoms with van der Waals surface area (Å²) in [5.74, 6) is 0.698. The van der Waals surface area contributed by atoms with Crippen molar-refractivity contribution in [1.82, 2.24) is 0 Å². The molecular weight excluding hydrogens is 362 g/mol. The Morgan fingerprint density at radius 1 is 0.600 bits per heavy atom. The molecule has 4 aromatic rings. The van der Waals surface area contributed by atoms with Crippen molar-refractivity contribution < 1.29 is 0 Å². The van der Waals surface area contributed by atoms with Gasteiger partial charge in [-0.05, 0) is 34.7 Å². The van der Waals surface area contributed by atoms with Gasteiger partial charge >= 0.3 is 0 Å². The average Bonchev–Trinajstić information content (AvgIpc) is 2.82. The quantitative estimate of drug-likeness (QED) is 0.377. The molecule has 3 unspecified atom stereocenters. The van der Waals surface area contributed by atoms with Crippen molar-refractivity contribution in [3.8, 4) is 0 Å². The summed E-state index contributed by atoms with van der Waals surface area (Å²) in [5.41, 5.74) is 6.96. The smallest absolute Gasteiger partial charge is 0.0405 e. The van der Waals surface area contributed by atoms with E-state index in [1.165, 1.54) is 27.9 Å². The van der Waals surface area contributed by atoms with Crippen molar-refractivity contribution in [2.45, 2.75) is 24.3 Å². The van der Waals surface area contributed by atoms with E-state index in [1.54, 1.807) is 0 Å². The normalized spacial score (nSPS) is 20.6. The summed E-state index contributed by atoms with van der Waals surface area (Å²) in [5, 5.41) is 0. The van der Waals surface area contributed by atoms with Gasteiger partial charge in [-0.15, -0.1) is 0 Å². The highest BCUT2D eigenvalue weighted by molar-refractivity contribution is 5.63. The van der Waals surface area contributed by atoms with Gasteiger partial charge in [0.05, 0.1) is 0 Å². The maximum Gasteiger partial charge on any atom is 0.0405 e. The van der Waals surface area contributed by atoms with Crippen LogP contribution >= 0.6 is 0 Å². The molecule has 1 heterocycles. The molecule has 0 saturated carbocycles. The predicted molar refractivity (Wildman–Crippen MR) is 126 cm³/mol. The number of hydrogen-bond donors (Lipinski definition) is 0. The van der Waals surface area contributed by atoms with Crippen molar-refractivity contribution in [2.75, 3.05) is 11.9 Å². The first-order valence-electron chi connectivity index (χ1n) is 10.8. The number of anilines is 1. The van der Waals surface area contributed by atoms with E-state index in [-0.39, 0.29) is 0 Å². The topological polar surface area (TPSA) is 3.24 Å². The minimum absolute atomic E-state index is 0.328. The molecule has 0 aliphatic carbocycles. The molecule has 0 N–H and O–H groups in total. The maximum atomic E-state index is 2.51. The first-order valence-corrected chi connectivity index (χ1v) is 10.8. The van der Waals surface area contributed by atoms with Gasteiger partial charge < -0.3 is 4.90 Å². The fraction of sp³-hybridized carbons (Fsp3) is 0.172. The molecule has 1 nitrogen and oxygen atoms in total. The molecule has 3 atom stereocenters. The highest BCUT2D eigenvalue weighted by Gasteiger charge is 2.41. The third kappa shape index (κ3) is 3.41. The molecule has 0 fully saturated rings. The molecule has 1 heteroatoms. The lowest BCUT2D eigenvalue weighted by atomic mass is 9.69. The number of nitrogens with zero attached hydrogens (tertiary/aromatic N) is 1. The molecule has 5 rings (SSSR count). The number of likely N-dealkylation sites (N-methyl/N-ethyl adjacent to an activating group) is 1. The SMILES string of the molecule is CN1c2ccccc2C(c2ccccc2)C(c2ccccc2)C1Cc1ccccc1. The summed E-state index contributed by atoms with van der Waals surface area (Å²) in [7, 11) is 2.27. The lowest BCUT2D eigenvalue weighted by Crippen LogP contribution is -2.45. The Morgan fingerprint density at radius 2 is 1.13 bits per heavy atom. The van der Waals surface area contributed by atoms with Crippen molar-refractivity contribution in [3.05, 3.63) is 138 Å². The van der Waals surface area contributed by atoms with Crippen molar-refractivity contribution in [2.24, 2.45) is 0 Å². The largest absolute Gasteiger partial charge is 0.370 e. The molecule has 0 radical (unpaired) electrons. The van der Waals surface area contributed by atoms with Crippen LogP contribution in [0.5, 0.6) is 0 Å². The van der Waals surface area contributed by atoms with Crippen LogP contribution in [0.4, 0.5) is 5.69 Å². The van der Waals surface area contributed by atoms with Gasteiger partial charge in [0.1, 0.15) is 0 Å². The molecule has 1 aliphatic rings. The molecule has 1 aliphatic heterocycles. The zero-order valence-electron chi connectivity index (χ0n) is 17.4. The average molecular weight is 390 g/mol. The summed E-state index contributed by atoms with van der Waals surface area (Å²) < 4.78 is 0. The lowest BCUT2D eigenvalue weighted by molar-refractivity contribution is 0.443. The van der Waals surface area contributed by atoms with Gasteiger partial charge in [-0.2, -0.15) is 0 Å². The zero-order valence-corrected chi connectivity index (χ0v) is 17.4. The minimum atomic E-state index is 0.328. The van der Waals surface area contributed by atoms with E-state index in [0.717, 1.165) is 6.42 Å². The number of rotatable bonds is 4. The highest BCUT2D eigenvalue weighted by atomic mass is 15.2. The Bertz CT molecular complexity index is 1090. The molecule has 148 valence electrons. The highest BCUT2D eigenvalue weighted by Crippen LogP contribution is 2.50. The first-order chi connectivity index (χ1) is 14.8. The summed E-state index contributed by atoms with van der Waals surface area (Å²) in [6.07, 6.45) is 1.02. The van der Waals surface area contributed by atoms with E-state index in [2.05, 4.69) is 127 Å². The molecule has 0 bridgehead atoms. The van der Waals surface area contributed by atoms with Crippen molar-refractivity contribution in [1.29, 1.82) is 0 Å². The summed E-state index contributed by atoms with van der Waals surface area (Å²) in [4.78, 5) is 2.51. The van der Waals surface area contributed by atoms with Crippen LogP contribution in [0, 0.1) is 0 Å². The Hall–Kier alpha value is -3.32. The number of fused-ring (bicyclic) bond motifs is 1. The summed E-state index contributed by atoms with van der Waals surface area (Å²) in [6, 6.07) is 42.4. The van der Waals surface area contributed by atoms with Gasteiger partial charge in [0.2, 0.25) is 0 Å². The maximum absolute atomic E-state index is 2.51. The van der Waals surface area contributed by atoms with E-state index in [9.17, 15) is 0 Å². The van der Waals surface area contributed by atoms with E-state index >= 15 is 0 Å². The Morgan fingerprint density at radius 3 is 1.80 bits per heavy atom. The van der Waals surface area contributed by atoms with E-state index in [4.69, 9.17) is 0 Å². The third-order valence-electron chi connectivity index (χ3n) is 6.55. The molecular formula is C29H27N. The molecule has 0 spiro atoms. The second kappa shape index (κ2) is 8.20. The van der Waals surface area contributed by atoms with Crippen LogP contribution < -0.4 is 4.90 Å². The van der Waals surface area contributed by atoms with Crippen LogP contribution in [0.15, 0.2) is 115 Å². The third-order valence-corrected chi connectivity index (χ3v) is 6.55.